The van der Waals surface area contributed by atoms with Crippen LogP contribution in [0.5, 0.6) is 5.75 Å². The number of carbonyl (C=O) groups excluding carboxylic acids is 1. The number of benzene rings is 3. The molecule has 1 saturated heterocycles. The monoisotopic (exact) mass is 473 g/mol. The zero-order valence-electron chi connectivity index (χ0n) is 15.8. The molecule has 0 aromatic heterocycles. The fourth-order valence-corrected chi connectivity index (χ4v) is 4.38. The van der Waals surface area contributed by atoms with Crippen molar-refractivity contribution < 1.29 is 18.3 Å². The van der Waals surface area contributed by atoms with E-state index in [1.807, 2.05) is 0 Å². The predicted octanol–water partition coefficient (Wildman–Crippen LogP) is 6.60. The first-order valence-corrected chi connectivity index (χ1v) is 10.7. The molecule has 0 radical (unpaired) electrons. The van der Waals surface area contributed by atoms with Crippen molar-refractivity contribution in [3.8, 4) is 5.75 Å². The lowest BCUT2D eigenvalue weighted by Gasteiger charge is -2.14. The molecule has 3 aromatic rings. The number of halogens is 3. The molecule has 0 aliphatic carbocycles. The Morgan fingerprint density at radius 1 is 1.03 bits per heavy atom. The largest absolute Gasteiger partial charge is 0.489 e. The van der Waals surface area contributed by atoms with Crippen LogP contribution in [0.25, 0.3) is 6.08 Å². The second-order valence-electron chi connectivity index (χ2n) is 6.56. The highest BCUT2D eigenvalue weighted by Crippen LogP contribution is 2.37. The van der Waals surface area contributed by atoms with Crippen molar-refractivity contribution in [3.63, 3.8) is 0 Å². The van der Waals surface area contributed by atoms with Gasteiger partial charge in [0.1, 0.15) is 24.0 Å². The van der Waals surface area contributed by atoms with Gasteiger partial charge in [-0.05, 0) is 48.0 Å². The molecular formula is C23H14ClF2NO2S2. The maximum atomic E-state index is 13.7. The summed E-state index contributed by atoms with van der Waals surface area (Å²) in [4.78, 5) is 14.6. The van der Waals surface area contributed by atoms with Gasteiger partial charge in [-0.15, -0.1) is 0 Å². The number of rotatable bonds is 5. The number of ether oxygens (including phenoxy) is 1. The summed E-state index contributed by atoms with van der Waals surface area (Å²) >= 11 is 12.3. The fraction of sp³-hybridized carbons (Fsp3) is 0.0435. The maximum Gasteiger partial charge on any atom is 0.270 e. The first-order valence-electron chi connectivity index (χ1n) is 9.11. The van der Waals surface area contributed by atoms with Crippen molar-refractivity contribution in [2.24, 2.45) is 0 Å². The Hall–Kier alpha value is -2.74. The Labute approximate surface area is 192 Å². The smallest absolute Gasteiger partial charge is 0.270 e. The molecule has 0 unspecified atom stereocenters. The second-order valence-corrected chi connectivity index (χ2v) is 8.65. The maximum absolute atomic E-state index is 13.7. The van der Waals surface area contributed by atoms with Gasteiger partial charge in [0.05, 0.1) is 15.6 Å². The van der Waals surface area contributed by atoms with Gasteiger partial charge in [0.25, 0.3) is 5.91 Å². The predicted molar refractivity (Wildman–Crippen MR) is 124 cm³/mol. The van der Waals surface area contributed by atoms with Crippen molar-refractivity contribution in [1.82, 2.24) is 0 Å². The summed E-state index contributed by atoms with van der Waals surface area (Å²) in [6.07, 6.45) is 1.71. The van der Waals surface area contributed by atoms with Crippen LogP contribution in [0.4, 0.5) is 14.5 Å². The summed E-state index contributed by atoms with van der Waals surface area (Å²) in [6, 6.07) is 17.5. The highest BCUT2D eigenvalue weighted by molar-refractivity contribution is 8.27. The van der Waals surface area contributed by atoms with Crippen LogP contribution in [0, 0.1) is 11.6 Å². The third-order valence-electron chi connectivity index (χ3n) is 4.49. The number of thioether (sulfide) groups is 1. The van der Waals surface area contributed by atoms with E-state index in [-0.39, 0.29) is 23.4 Å². The summed E-state index contributed by atoms with van der Waals surface area (Å²) in [5, 5.41) is -0.0819. The number of hydrogen-bond donors (Lipinski definition) is 0. The second kappa shape index (κ2) is 9.18. The Morgan fingerprint density at radius 2 is 1.77 bits per heavy atom. The quantitative estimate of drug-likeness (QED) is 0.308. The van der Waals surface area contributed by atoms with Gasteiger partial charge in [-0.2, -0.15) is 0 Å². The van der Waals surface area contributed by atoms with Crippen LogP contribution in [0.15, 0.2) is 71.6 Å². The van der Waals surface area contributed by atoms with E-state index in [1.54, 1.807) is 48.5 Å². The minimum atomic E-state index is -0.566. The van der Waals surface area contributed by atoms with E-state index < -0.39 is 5.82 Å². The Bertz CT molecular complexity index is 1200. The third-order valence-corrected chi connectivity index (χ3v) is 6.08. The van der Waals surface area contributed by atoms with Crippen molar-refractivity contribution in [2.75, 3.05) is 4.90 Å². The molecule has 0 atom stereocenters. The van der Waals surface area contributed by atoms with Gasteiger partial charge in [0, 0.05) is 5.56 Å². The van der Waals surface area contributed by atoms with Crippen LogP contribution in [0.1, 0.15) is 11.1 Å². The number of anilines is 1. The van der Waals surface area contributed by atoms with E-state index in [4.69, 9.17) is 28.6 Å². The first-order chi connectivity index (χ1) is 14.9. The average molecular weight is 474 g/mol. The molecule has 0 bridgehead atoms. The molecule has 4 rings (SSSR count). The Kier molecular flexibility index (Phi) is 6.36. The molecular weight excluding hydrogens is 460 g/mol. The van der Waals surface area contributed by atoms with Gasteiger partial charge in [-0.25, -0.2) is 8.78 Å². The minimum Gasteiger partial charge on any atom is -0.489 e. The highest BCUT2D eigenvalue weighted by Gasteiger charge is 2.33. The SMILES string of the molecule is O=C1C(=Cc2ccc(OCc3ccccc3F)cc2)SC(=S)N1c1ccc(F)c(Cl)c1. The zero-order chi connectivity index (χ0) is 22.0. The van der Waals surface area contributed by atoms with Gasteiger partial charge in [-0.1, -0.05) is 65.9 Å². The summed E-state index contributed by atoms with van der Waals surface area (Å²) in [6.45, 7) is 0.116. The molecule has 0 saturated carbocycles. The number of hydrogen-bond acceptors (Lipinski definition) is 4. The van der Waals surface area contributed by atoms with Crippen LogP contribution in [-0.4, -0.2) is 10.2 Å². The molecule has 0 spiro atoms. The van der Waals surface area contributed by atoms with E-state index in [2.05, 4.69) is 0 Å². The lowest BCUT2D eigenvalue weighted by molar-refractivity contribution is -0.113. The van der Waals surface area contributed by atoms with Crippen molar-refractivity contribution in [1.29, 1.82) is 0 Å². The number of thiocarbonyl (C=S) groups is 1. The van der Waals surface area contributed by atoms with Crippen LogP contribution in [-0.2, 0) is 11.4 Å². The molecule has 31 heavy (non-hydrogen) atoms. The third kappa shape index (κ3) is 4.79. The van der Waals surface area contributed by atoms with Gasteiger partial charge >= 0.3 is 0 Å². The first kappa shape index (κ1) is 21.5. The minimum absolute atomic E-state index is 0.0819. The molecule has 1 aliphatic rings. The number of amides is 1. The van der Waals surface area contributed by atoms with E-state index in [1.165, 1.54) is 29.2 Å². The Morgan fingerprint density at radius 3 is 2.48 bits per heavy atom. The molecule has 8 heteroatoms. The zero-order valence-corrected chi connectivity index (χ0v) is 18.2. The van der Waals surface area contributed by atoms with Crippen LogP contribution in [0.2, 0.25) is 5.02 Å². The normalized spacial score (nSPS) is 15.1. The van der Waals surface area contributed by atoms with Gasteiger partial charge in [0.15, 0.2) is 4.32 Å². The molecule has 1 fully saturated rings. The lowest BCUT2D eigenvalue weighted by atomic mass is 10.2. The summed E-state index contributed by atoms with van der Waals surface area (Å²) in [5.41, 5.74) is 1.65. The van der Waals surface area contributed by atoms with Crippen molar-refractivity contribution in [3.05, 3.63) is 99.4 Å². The Balaban J connectivity index is 1.47. The number of nitrogens with zero attached hydrogens (tertiary/aromatic N) is 1. The lowest BCUT2D eigenvalue weighted by Crippen LogP contribution is -2.27. The van der Waals surface area contributed by atoms with Gasteiger partial charge in [0.2, 0.25) is 0 Å². The van der Waals surface area contributed by atoms with Gasteiger partial charge in [-0.3, -0.25) is 9.69 Å². The van der Waals surface area contributed by atoms with E-state index in [0.29, 0.717) is 26.2 Å². The highest BCUT2D eigenvalue weighted by atomic mass is 35.5. The molecule has 1 amide bonds. The standard InChI is InChI=1S/C23H14ClF2NO2S2/c24-18-12-16(7-10-20(18)26)27-22(28)21(31-23(27)30)11-14-5-8-17(9-6-14)29-13-15-3-1-2-4-19(15)25/h1-12H,13H2. The number of carbonyl (C=O) groups is 1. The average Bonchev–Trinajstić information content (AvgIpc) is 3.03. The summed E-state index contributed by atoms with van der Waals surface area (Å²) in [5.74, 6) is -0.612. The van der Waals surface area contributed by atoms with Crippen LogP contribution < -0.4 is 9.64 Å². The van der Waals surface area contributed by atoms with E-state index >= 15 is 0 Å². The van der Waals surface area contributed by atoms with Crippen molar-refractivity contribution >= 4 is 57.6 Å². The molecule has 3 aromatic carbocycles. The van der Waals surface area contributed by atoms with Crippen LogP contribution in [0.3, 0.4) is 0 Å². The summed E-state index contributed by atoms with van der Waals surface area (Å²) < 4.78 is 33.1. The van der Waals surface area contributed by atoms with Gasteiger partial charge < -0.3 is 4.74 Å². The molecule has 156 valence electrons. The van der Waals surface area contributed by atoms with E-state index in [0.717, 1.165) is 17.3 Å². The topological polar surface area (TPSA) is 29.5 Å². The molecule has 3 nitrogen and oxygen atoms in total. The summed E-state index contributed by atoms with van der Waals surface area (Å²) in [7, 11) is 0. The molecule has 1 heterocycles. The van der Waals surface area contributed by atoms with Crippen molar-refractivity contribution in [2.45, 2.75) is 6.61 Å². The van der Waals surface area contributed by atoms with E-state index in [9.17, 15) is 13.6 Å². The van der Waals surface area contributed by atoms with Crippen LogP contribution >= 0.6 is 35.6 Å². The fourth-order valence-electron chi connectivity index (χ4n) is 2.90. The molecule has 0 N–H and O–H groups in total. The molecule has 1 aliphatic heterocycles.